The average molecular weight is 266 g/mol. The number of hydrogen-bond donors (Lipinski definition) is 2. The van der Waals surface area contributed by atoms with Crippen molar-refractivity contribution < 1.29 is 24.4 Å². The molecule has 2 saturated heterocycles. The lowest BCUT2D eigenvalue weighted by atomic mass is 10.1. The molecule has 2 aliphatic heterocycles. The van der Waals surface area contributed by atoms with E-state index in [4.69, 9.17) is 14.2 Å². The van der Waals surface area contributed by atoms with Gasteiger partial charge in [0.2, 0.25) is 0 Å². The van der Waals surface area contributed by atoms with Gasteiger partial charge in [0.05, 0.1) is 6.61 Å². The van der Waals surface area contributed by atoms with E-state index in [1.54, 1.807) is 0 Å². The Morgan fingerprint density at radius 2 is 1.95 bits per heavy atom. The first-order chi connectivity index (χ1) is 9.07. The highest BCUT2D eigenvalue weighted by molar-refractivity contribution is 5.16. The summed E-state index contributed by atoms with van der Waals surface area (Å²) in [4.78, 5) is 0. The quantitative estimate of drug-likeness (QED) is 0.813. The van der Waals surface area contributed by atoms with Crippen LogP contribution in [0.15, 0.2) is 30.3 Å². The molecule has 1 aromatic carbocycles. The highest BCUT2D eigenvalue weighted by Gasteiger charge is 2.51. The highest BCUT2D eigenvalue weighted by Crippen LogP contribution is 2.36. The van der Waals surface area contributed by atoms with E-state index in [1.165, 1.54) is 0 Å². The number of hydrogen-bond acceptors (Lipinski definition) is 5. The van der Waals surface area contributed by atoms with E-state index >= 15 is 0 Å². The molecular weight excluding hydrogens is 248 g/mol. The highest BCUT2D eigenvalue weighted by atomic mass is 16.8. The van der Waals surface area contributed by atoms with Crippen molar-refractivity contribution in [3.63, 3.8) is 0 Å². The smallest absolute Gasteiger partial charge is 0.183 e. The lowest BCUT2D eigenvalue weighted by molar-refractivity contribution is -0.230. The van der Waals surface area contributed by atoms with Gasteiger partial charge < -0.3 is 24.4 Å². The molecule has 5 heteroatoms. The van der Waals surface area contributed by atoms with Crippen LogP contribution in [0.1, 0.15) is 12.5 Å². The summed E-state index contributed by atoms with van der Waals surface area (Å²) in [6.45, 7) is 2.07. The molecule has 0 aliphatic carbocycles. The fourth-order valence-electron chi connectivity index (χ4n) is 2.70. The van der Waals surface area contributed by atoms with Crippen LogP contribution in [0.3, 0.4) is 0 Å². The summed E-state index contributed by atoms with van der Waals surface area (Å²) >= 11 is 0. The largest absolute Gasteiger partial charge is 0.385 e. The summed E-state index contributed by atoms with van der Waals surface area (Å²) in [6, 6.07) is 9.88. The van der Waals surface area contributed by atoms with Crippen LogP contribution in [0.2, 0.25) is 0 Å². The Kier molecular flexibility index (Phi) is 3.32. The molecular formula is C14H18O5. The molecule has 5 unspecified atom stereocenters. The Balaban J connectivity index is 1.73. The Hall–Kier alpha value is -0.980. The molecule has 0 saturated carbocycles. The second-order valence-corrected chi connectivity index (χ2v) is 5.25. The van der Waals surface area contributed by atoms with Gasteiger partial charge in [0.1, 0.15) is 18.3 Å². The van der Waals surface area contributed by atoms with Crippen molar-refractivity contribution in [3.05, 3.63) is 35.9 Å². The van der Waals surface area contributed by atoms with Crippen molar-refractivity contribution >= 4 is 0 Å². The van der Waals surface area contributed by atoms with Crippen LogP contribution in [-0.2, 0) is 20.6 Å². The molecule has 0 spiro atoms. The number of benzene rings is 1. The van der Waals surface area contributed by atoms with E-state index < -0.39 is 24.3 Å². The van der Waals surface area contributed by atoms with Crippen LogP contribution >= 0.6 is 0 Å². The second-order valence-electron chi connectivity index (χ2n) is 5.25. The summed E-state index contributed by atoms with van der Waals surface area (Å²) in [5.41, 5.74) is 1.10. The molecule has 5 atom stereocenters. The van der Waals surface area contributed by atoms with Gasteiger partial charge in [0.15, 0.2) is 12.1 Å². The van der Waals surface area contributed by atoms with E-state index in [0.717, 1.165) is 5.56 Å². The topological polar surface area (TPSA) is 68.2 Å². The minimum Gasteiger partial charge on any atom is -0.385 e. The first-order valence-corrected chi connectivity index (χ1v) is 6.45. The zero-order chi connectivity index (χ0) is 13.5. The molecule has 104 valence electrons. The number of rotatable bonds is 2. The number of fused-ring (bicyclic) bond motifs is 1. The maximum absolute atomic E-state index is 9.87. The van der Waals surface area contributed by atoms with Crippen molar-refractivity contribution in [1.29, 1.82) is 0 Å². The molecule has 0 radical (unpaired) electrons. The molecule has 2 N–H and O–H groups in total. The molecule has 19 heavy (non-hydrogen) atoms. The van der Waals surface area contributed by atoms with Crippen LogP contribution in [0, 0.1) is 0 Å². The van der Waals surface area contributed by atoms with Gasteiger partial charge in [-0.3, -0.25) is 0 Å². The standard InChI is InChI=1S/C14H18O5/c1-14(7-9-5-3-2-4-6-9)18-10-8-17-13(16)11(15)12(10)19-14/h2-6,10-13,15-16H,7-8H2,1H3. The monoisotopic (exact) mass is 266 g/mol. The Labute approximate surface area is 111 Å². The third-order valence-corrected chi connectivity index (χ3v) is 3.58. The molecule has 2 fully saturated rings. The third kappa shape index (κ3) is 2.52. The molecule has 3 rings (SSSR count). The fraction of sp³-hybridized carbons (Fsp3) is 0.571. The first-order valence-electron chi connectivity index (χ1n) is 6.45. The Bertz CT molecular complexity index is 437. The van der Waals surface area contributed by atoms with E-state index in [2.05, 4.69) is 0 Å². The Morgan fingerprint density at radius 3 is 2.68 bits per heavy atom. The summed E-state index contributed by atoms with van der Waals surface area (Å²) in [7, 11) is 0. The number of aliphatic hydroxyl groups excluding tert-OH is 2. The molecule has 2 aliphatic rings. The van der Waals surface area contributed by atoms with Crippen molar-refractivity contribution in [2.24, 2.45) is 0 Å². The van der Waals surface area contributed by atoms with E-state index in [0.29, 0.717) is 6.42 Å². The molecule has 0 aromatic heterocycles. The third-order valence-electron chi connectivity index (χ3n) is 3.58. The number of aliphatic hydroxyl groups is 2. The lowest BCUT2D eigenvalue weighted by Crippen LogP contribution is -2.51. The minimum absolute atomic E-state index is 0.229. The van der Waals surface area contributed by atoms with Gasteiger partial charge in [-0.15, -0.1) is 0 Å². The fourth-order valence-corrected chi connectivity index (χ4v) is 2.70. The van der Waals surface area contributed by atoms with Crippen LogP contribution in [0.4, 0.5) is 0 Å². The van der Waals surface area contributed by atoms with Gasteiger partial charge in [-0.2, -0.15) is 0 Å². The predicted molar refractivity (Wildman–Crippen MR) is 66.3 cm³/mol. The Morgan fingerprint density at radius 1 is 1.21 bits per heavy atom. The summed E-state index contributed by atoms with van der Waals surface area (Å²) in [6.07, 6.45) is -2.58. The molecule has 0 amide bonds. The molecule has 0 bridgehead atoms. The maximum atomic E-state index is 9.87. The summed E-state index contributed by atoms with van der Waals surface area (Å²) in [5.74, 6) is -0.801. The lowest BCUT2D eigenvalue weighted by Gasteiger charge is -2.31. The molecule has 5 nitrogen and oxygen atoms in total. The zero-order valence-electron chi connectivity index (χ0n) is 10.7. The molecule has 1 aromatic rings. The van der Waals surface area contributed by atoms with Gasteiger partial charge in [-0.25, -0.2) is 0 Å². The SMILES string of the molecule is CC1(Cc2ccccc2)OC2COC(O)C(O)C2O1. The van der Waals surface area contributed by atoms with Gasteiger partial charge in [0, 0.05) is 6.42 Å². The van der Waals surface area contributed by atoms with E-state index in [1.807, 2.05) is 37.3 Å². The van der Waals surface area contributed by atoms with E-state index in [9.17, 15) is 10.2 Å². The van der Waals surface area contributed by atoms with Gasteiger partial charge in [-0.1, -0.05) is 30.3 Å². The normalized spacial score (nSPS) is 42.1. The second kappa shape index (κ2) is 4.85. The summed E-state index contributed by atoms with van der Waals surface area (Å²) < 4.78 is 16.7. The molecule has 2 heterocycles. The minimum atomic E-state index is -1.20. The van der Waals surface area contributed by atoms with Crippen molar-refractivity contribution in [2.45, 2.75) is 43.7 Å². The first kappa shape index (κ1) is 13.0. The van der Waals surface area contributed by atoms with Crippen molar-refractivity contribution in [2.75, 3.05) is 6.61 Å². The predicted octanol–water partition coefficient (Wildman–Crippen LogP) is 0.439. The maximum Gasteiger partial charge on any atom is 0.183 e. The van der Waals surface area contributed by atoms with Crippen molar-refractivity contribution in [3.8, 4) is 0 Å². The van der Waals surface area contributed by atoms with Gasteiger partial charge in [0.25, 0.3) is 0 Å². The van der Waals surface area contributed by atoms with Crippen LogP contribution < -0.4 is 0 Å². The zero-order valence-corrected chi connectivity index (χ0v) is 10.7. The van der Waals surface area contributed by atoms with Gasteiger partial charge >= 0.3 is 0 Å². The van der Waals surface area contributed by atoms with Crippen LogP contribution in [0.5, 0.6) is 0 Å². The van der Waals surface area contributed by atoms with Crippen LogP contribution in [0.25, 0.3) is 0 Å². The van der Waals surface area contributed by atoms with Crippen molar-refractivity contribution in [1.82, 2.24) is 0 Å². The summed E-state index contributed by atoms with van der Waals surface area (Å²) in [5, 5.41) is 19.3. The van der Waals surface area contributed by atoms with Crippen LogP contribution in [-0.4, -0.2) is 47.2 Å². The van der Waals surface area contributed by atoms with Gasteiger partial charge in [-0.05, 0) is 12.5 Å². The average Bonchev–Trinajstić information content (AvgIpc) is 2.73. The number of ether oxygens (including phenoxy) is 3. The van der Waals surface area contributed by atoms with E-state index in [-0.39, 0.29) is 12.7 Å².